The maximum atomic E-state index is 11.7. The predicted octanol–water partition coefficient (Wildman–Crippen LogP) is 3.49. The van der Waals surface area contributed by atoms with Crippen molar-refractivity contribution < 1.29 is 14.3 Å². The van der Waals surface area contributed by atoms with Crippen LogP contribution in [0.2, 0.25) is 0 Å². The highest BCUT2D eigenvalue weighted by molar-refractivity contribution is 5.84. The first-order valence-electron chi connectivity index (χ1n) is 8.20. The molecule has 1 aliphatic rings. The van der Waals surface area contributed by atoms with Gasteiger partial charge >= 0.3 is 6.09 Å². The van der Waals surface area contributed by atoms with Crippen LogP contribution >= 0.6 is 0 Å². The van der Waals surface area contributed by atoms with Gasteiger partial charge in [-0.3, -0.25) is 10.1 Å². The summed E-state index contributed by atoms with van der Waals surface area (Å²) in [7, 11) is 0. The van der Waals surface area contributed by atoms with Crippen LogP contribution in [0.3, 0.4) is 0 Å². The highest BCUT2D eigenvalue weighted by atomic mass is 16.6. The molecule has 5 nitrogen and oxygen atoms in total. The molecular weight excluding hydrogens is 292 g/mol. The monoisotopic (exact) mass is 318 g/mol. The molecule has 5 heteroatoms. The van der Waals surface area contributed by atoms with E-state index in [0.29, 0.717) is 12.2 Å². The number of nitrogens with one attached hydrogen (secondary N) is 2. The van der Waals surface area contributed by atoms with Gasteiger partial charge in [-0.15, -0.1) is 0 Å². The number of carbonyl (C=O) groups is 2. The zero-order chi connectivity index (χ0) is 16.9. The molecule has 0 unspecified atom stereocenters. The van der Waals surface area contributed by atoms with Crippen LogP contribution in [0.4, 0.5) is 10.5 Å². The molecule has 0 atom stereocenters. The first-order chi connectivity index (χ1) is 10.8. The van der Waals surface area contributed by atoms with Crippen molar-refractivity contribution >= 4 is 17.7 Å². The van der Waals surface area contributed by atoms with Gasteiger partial charge < -0.3 is 10.1 Å². The summed E-state index contributed by atoms with van der Waals surface area (Å²) in [5, 5.41) is 5.67. The van der Waals surface area contributed by atoms with Gasteiger partial charge in [0.05, 0.1) is 0 Å². The average molecular weight is 318 g/mol. The normalized spacial score (nSPS) is 14.2. The van der Waals surface area contributed by atoms with Crippen LogP contribution in [0.1, 0.15) is 45.6 Å². The Morgan fingerprint density at radius 1 is 1.17 bits per heavy atom. The van der Waals surface area contributed by atoms with Crippen LogP contribution < -0.4 is 10.6 Å². The molecule has 23 heavy (non-hydrogen) atoms. The van der Waals surface area contributed by atoms with E-state index in [1.54, 1.807) is 0 Å². The van der Waals surface area contributed by atoms with Gasteiger partial charge in [-0.05, 0) is 64.2 Å². The summed E-state index contributed by atoms with van der Waals surface area (Å²) < 4.78 is 5.21. The number of hydrogen-bond acceptors (Lipinski definition) is 3. The van der Waals surface area contributed by atoms with Gasteiger partial charge in [-0.2, -0.15) is 0 Å². The fraction of sp³-hybridized carbons (Fsp3) is 0.556. The van der Waals surface area contributed by atoms with E-state index in [0.717, 1.165) is 25.7 Å². The van der Waals surface area contributed by atoms with Gasteiger partial charge in [0.1, 0.15) is 5.60 Å². The topological polar surface area (TPSA) is 67.4 Å². The van der Waals surface area contributed by atoms with Crippen molar-refractivity contribution in [3.63, 3.8) is 0 Å². The summed E-state index contributed by atoms with van der Waals surface area (Å²) in [5.74, 6) is 0.468. The van der Waals surface area contributed by atoms with Gasteiger partial charge in [0.2, 0.25) is 5.91 Å². The number of aryl methyl sites for hydroxylation is 1. The third-order valence-electron chi connectivity index (χ3n) is 3.49. The van der Waals surface area contributed by atoms with Gasteiger partial charge in [-0.25, -0.2) is 4.79 Å². The molecule has 0 spiro atoms. The van der Waals surface area contributed by atoms with Crippen molar-refractivity contribution in [3.8, 4) is 0 Å². The number of rotatable bonds is 6. The highest BCUT2D eigenvalue weighted by Crippen LogP contribution is 2.28. The lowest BCUT2D eigenvalue weighted by Gasteiger charge is -2.19. The zero-order valence-electron chi connectivity index (χ0n) is 14.1. The Hall–Kier alpha value is -2.04. The van der Waals surface area contributed by atoms with Crippen LogP contribution in [0.25, 0.3) is 0 Å². The van der Waals surface area contributed by atoms with Crippen molar-refractivity contribution in [2.45, 2.75) is 52.1 Å². The van der Waals surface area contributed by atoms with Crippen molar-refractivity contribution in [3.05, 3.63) is 29.8 Å². The molecule has 1 saturated carbocycles. The second kappa shape index (κ2) is 7.49. The van der Waals surface area contributed by atoms with Gasteiger partial charge in [0, 0.05) is 18.2 Å². The third-order valence-corrected chi connectivity index (χ3v) is 3.49. The van der Waals surface area contributed by atoms with Crippen LogP contribution in [-0.4, -0.2) is 24.1 Å². The Morgan fingerprint density at radius 3 is 2.39 bits per heavy atom. The van der Waals surface area contributed by atoms with E-state index >= 15 is 0 Å². The molecule has 1 aliphatic carbocycles. The summed E-state index contributed by atoms with van der Waals surface area (Å²) >= 11 is 0. The quantitative estimate of drug-likeness (QED) is 0.789. The van der Waals surface area contributed by atoms with Crippen LogP contribution in [0.5, 0.6) is 0 Å². The molecule has 2 N–H and O–H groups in total. The SMILES string of the molecule is CC(C)(C)OC(=O)Nc1ccc(CCCNC(=O)C2CC2)cc1. The fourth-order valence-corrected chi connectivity index (χ4v) is 2.17. The predicted molar refractivity (Wildman–Crippen MR) is 90.4 cm³/mol. The minimum absolute atomic E-state index is 0.196. The largest absolute Gasteiger partial charge is 0.444 e. The summed E-state index contributed by atoms with van der Waals surface area (Å²) in [6, 6.07) is 7.69. The molecule has 126 valence electrons. The molecule has 1 aromatic carbocycles. The van der Waals surface area contributed by atoms with Crippen LogP contribution in [-0.2, 0) is 16.0 Å². The molecular formula is C18H26N2O3. The lowest BCUT2D eigenvalue weighted by molar-refractivity contribution is -0.122. The molecule has 0 aliphatic heterocycles. The molecule has 0 radical (unpaired) electrons. The third kappa shape index (κ3) is 6.72. The number of amides is 2. The molecule has 0 bridgehead atoms. The van der Waals surface area contributed by atoms with Gasteiger partial charge in [0.15, 0.2) is 0 Å². The minimum Gasteiger partial charge on any atom is -0.444 e. The lowest BCUT2D eigenvalue weighted by atomic mass is 10.1. The van der Waals surface area contributed by atoms with Crippen LogP contribution in [0, 0.1) is 5.92 Å². The number of hydrogen-bond donors (Lipinski definition) is 2. The second-order valence-corrected chi connectivity index (χ2v) is 6.99. The van der Waals surface area contributed by atoms with Crippen molar-refractivity contribution in [2.75, 3.05) is 11.9 Å². The van der Waals surface area contributed by atoms with Gasteiger partial charge in [0.25, 0.3) is 0 Å². The van der Waals surface area contributed by atoms with E-state index in [4.69, 9.17) is 4.74 Å². The average Bonchev–Trinajstić information content (AvgIpc) is 3.27. The Bertz CT molecular complexity index is 542. The lowest BCUT2D eigenvalue weighted by Crippen LogP contribution is -2.27. The van der Waals surface area contributed by atoms with Crippen molar-refractivity contribution in [2.24, 2.45) is 5.92 Å². The van der Waals surface area contributed by atoms with E-state index in [1.165, 1.54) is 5.56 Å². The zero-order valence-corrected chi connectivity index (χ0v) is 14.1. The summed E-state index contributed by atoms with van der Waals surface area (Å²) in [4.78, 5) is 23.2. The number of anilines is 1. The number of benzene rings is 1. The van der Waals surface area contributed by atoms with E-state index in [1.807, 2.05) is 45.0 Å². The molecule has 0 saturated heterocycles. The second-order valence-electron chi connectivity index (χ2n) is 6.99. The number of carbonyl (C=O) groups excluding carboxylic acids is 2. The Kier molecular flexibility index (Phi) is 5.64. The smallest absolute Gasteiger partial charge is 0.412 e. The van der Waals surface area contributed by atoms with E-state index in [-0.39, 0.29) is 11.8 Å². The van der Waals surface area contributed by atoms with Crippen molar-refractivity contribution in [1.29, 1.82) is 0 Å². The van der Waals surface area contributed by atoms with E-state index < -0.39 is 11.7 Å². The highest BCUT2D eigenvalue weighted by Gasteiger charge is 2.28. The maximum Gasteiger partial charge on any atom is 0.412 e. The fourth-order valence-electron chi connectivity index (χ4n) is 2.17. The van der Waals surface area contributed by atoms with E-state index in [2.05, 4.69) is 10.6 Å². The molecule has 0 heterocycles. The minimum atomic E-state index is -0.505. The first kappa shape index (κ1) is 17.3. The summed E-state index contributed by atoms with van der Waals surface area (Å²) in [6.07, 6.45) is 3.44. The van der Waals surface area contributed by atoms with E-state index in [9.17, 15) is 9.59 Å². The molecule has 1 aromatic rings. The standard InChI is InChI=1S/C18H26N2O3/c1-18(2,3)23-17(22)20-15-10-6-13(7-11-15)5-4-12-19-16(21)14-8-9-14/h6-7,10-11,14H,4-5,8-9,12H2,1-3H3,(H,19,21)(H,20,22). The molecule has 2 amide bonds. The molecule has 0 aromatic heterocycles. The first-order valence-corrected chi connectivity index (χ1v) is 8.20. The Labute approximate surface area is 137 Å². The molecule has 1 fully saturated rings. The summed E-state index contributed by atoms with van der Waals surface area (Å²) in [6.45, 7) is 6.21. The molecule has 2 rings (SSSR count). The summed E-state index contributed by atoms with van der Waals surface area (Å²) in [5.41, 5.74) is 1.39. The Balaban J connectivity index is 1.69. The Morgan fingerprint density at radius 2 is 1.83 bits per heavy atom. The van der Waals surface area contributed by atoms with Crippen molar-refractivity contribution in [1.82, 2.24) is 5.32 Å². The maximum absolute atomic E-state index is 11.7. The number of ether oxygens (including phenoxy) is 1. The van der Waals surface area contributed by atoms with Gasteiger partial charge in [-0.1, -0.05) is 12.1 Å². The van der Waals surface area contributed by atoms with Crippen LogP contribution in [0.15, 0.2) is 24.3 Å².